The maximum Gasteiger partial charge on any atom is 0.225 e. The van der Waals surface area contributed by atoms with Crippen molar-refractivity contribution in [3.05, 3.63) is 48.5 Å². The van der Waals surface area contributed by atoms with Crippen LogP contribution in [0, 0.1) is 5.92 Å². The van der Waals surface area contributed by atoms with Crippen molar-refractivity contribution in [2.75, 3.05) is 31.2 Å². The van der Waals surface area contributed by atoms with Crippen molar-refractivity contribution in [2.24, 2.45) is 5.92 Å². The SMILES string of the molecule is c1ccc(COC[C@@H]2CCOC23CN(c2ncccn2)C3)nc1. The van der Waals surface area contributed by atoms with E-state index in [1.165, 1.54) is 0 Å². The molecule has 0 aromatic carbocycles. The fourth-order valence-corrected chi connectivity index (χ4v) is 3.36. The van der Waals surface area contributed by atoms with Crippen LogP contribution in [0.1, 0.15) is 12.1 Å². The summed E-state index contributed by atoms with van der Waals surface area (Å²) in [4.78, 5) is 15.1. The normalized spacial score (nSPS) is 22.3. The van der Waals surface area contributed by atoms with Crippen LogP contribution < -0.4 is 4.90 Å². The number of nitrogens with zero attached hydrogens (tertiary/aromatic N) is 4. The van der Waals surface area contributed by atoms with Crippen LogP contribution in [-0.4, -0.2) is 46.9 Å². The fourth-order valence-electron chi connectivity index (χ4n) is 3.36. The molecular weight excluding hydrogens is 292 g/mol. The van der Waals surface area contributed by atoms with Gasteiger partial charge < -0.3 is 14.4 Å². The summed E-state index contributed by atoms with van der Waals surface area (Å²) in [7, 11) is 0. The van der Waals surface area contributed by atoms with Gasteiger partial charge >= 0.3 is 0 Å². The van der Waals surface area contributed by atoms with Crippen LogP contribution in [0.4, 0.5) is 5.95 Å². The van der Waals surface area contributed by atoms with Gasteiger partial charge in [-0.05, 0) is 24.6 Å². The third-order valence-corrected chi connectivity index (χ3v) is 4.65. The molecule has 2 aromatic rings. The highest BCUT2D eigenvalue weighted by Crippen LogP contribution is 2.41. The molecule has 2 aliphatic rings. The summed E-state index contributed by atoms with van der Waals surface area (Å²) in [5.41, 5.74) is 0.872. The van der Waals surface area contributed by atoms with Gasteiger partial charge in [-0.1, -0.05) is 6.07 Å². The van der Waals surface area contributed by atoms with Gasteiger partial charge in [0.2, 0.25) is 5.95 Å². The predicted molar refractivity (Wildman–Crippen MR) is 84.9 cm³/mol. The Morgan fingerprint density at radius 3 is 2.74 bits per heavy atom. The van der Waals surface area contributed by atoms with Gasteiger partial charge in [0.05, 0.1) is 32.0 Å². The Hall–Kier alpha value is -2.05. The van der Waals surface area contributed by atoms with Gasteiger partial charge in [-0.3, -0.25) is 4.98 Å². The Bertz CT molecular complexity index is 632. The van der Waals surface area contributed by atoms with E-state index < -0.39 is 0 Å². The smallest absolute Gasteiger partial charge is 0.225 e. The molecule has 120 valence electrons. The topological polar surface area (TPSA) is 60.4 Å². The lowest BCUT2D eigenvalue weighted by molar-refractivity contribution is -0.0659. The lowest BCUT2D eigenvalue weighted by Crippen LogP contribution is -2.66. The van der Waals surface area contributed by atoms with Crippen LogP contribution in [0.3, 0.4) is 0 Å². The molecule has 4 heterocycles. The molecule has 2 aromatic heterocycles. The summed E-state index contributed by atoms with van der Waals surface area (Å²) in [5.74, 6) is 1.20. The average molecular weight is 312 g/mol. The first-order chi connectivity index (χ1) is 11.4. The molecule has 2 saturated heterocycles. The first-order valence-electron chi connectivity index (χ1n) is 7.99. The average Bonchev–Trinajstić information content (AvgIpc) is 2.99. The molecule has 23 heavy (non-hydrogen) atoms. The molecule has 6 nitrogen and oxygen atoms in total. The Kier molecular flexibility index (Phi) is 3.93. The molecule has 0 aliphatic carbocycles. The number of hydrogen-bond acceptors (Lipinski definition) is 6. The minimum atomic E-state index is -0.0939. The largest absolute Gasteiger partial charge is 0.375 e. The van der Waals surface area contributed by atoms with Gasteiger partial charge in [-0.2, -0.15) is 0 Å². The number of aromatic nitrogens is 3. The van der Waals surface area contributed by atoms with E-state index in [0.717, 1.165) is 37.8 Å². The lowest BCUT2D eigenvalue weighted by Gasteiger charge is -2.50. The summed E-state index contributed by atoms with van der Waals surface area (Å²) in [6.45, 7) is 3.75. The second-order valence-corrected chi connectivity index (χ2v) is 6.14. The summed E-state index contributed by atoms with van der Waals surface area (Å²) in [6.07, 6.45) is 6.39. The van der Waals surface area contributed by atoms with Gasteiger partial charge in [-0.15, -0.1) is 0 Å². The van der Waals surface area contributed by atoms with Gasteiger partial charge in [-0.25, -0.2) is 9.97 Å². The maximum absolute atomic E-state index is 6.05. The quantitative estimate of drug-likeness (QED) is 0.837. The van der Waals surface area contributed by atoms with Crippen LogP contribution in [0.5, 0.6) is 0 Å². The van der Waals surface area contributed by atoms with Crippen molar-refractivity contribution in [2.45, 2.75) is 18.6 Å². The van der Waals surface area contributed by atoms with Crippen molar-refractivity contribution in [3.63, 3.8) is 0 Å². The van der Waals surface area contributed by atoms with E-state index in [9.17, 15) is 0 Å². The number of anilines is 1. The van der Waals surface area contributed by atoms with Crippen molar-refractivity contribution in [1.82, 2.24) is 15.0 Å². The number of ether oxygens (including phenoxy) is 2. The molecule has 0 N–H and O–H groups in total. The van der Waals surface area contributed by atoms with E-state index in [1.807, 2.05) is 24.3 Å². The van der Waals surface area contributed by atoms with Crippen molar-refractivity contribution >= 4 is 5.95 Å². The lowest BCUT2D eigenvalue weighted by atomic mass is 9.81. The molecule has 1 spiro atoms. The molecular formula is C17H20N4O2. The first kappa shape index (κ1) is 14.5. The summed E-state index contributed by atoms with van der Waals surface area (Å²) in [5, 5.41) is 0. The molecule has 6 heteroatoms. The predicted octanol–water partition coefficient (Wildman–Crippen LogP) is 1.68. The van der Waals surface area contributed by atoms with Crippen molar-refractivity contribution in [1.29, 1.82) is 0 Å². The molecule has 4 rings (SSSR count). The zero-order valence-corrected chi connectivity index (χ0v) is 13.0. The molecule has 0 saturated carbocycles. The highest BCUT2D eigenvalue weighted by molar-refractivity contribution is 5.37. The van der Waals surface area contributed by atoms with Crippen LogP contribution in [0.15, 0.2) is 42.9 Å². The Labute approximate surface area is 135 Å². The molecule has 2 fully saturated rings. The van der Waals surface area contributed by atoms with E-state index in [-0.39, 0.29) is 5.60 Å². The standard InChI is InChI=1S/C17H20N4O2/c1-2-6-18-15(4-1)11-22-10-14-5-9-23-17(14)12-21(13-17)16-19-7-3-8-20-16/h1-4,6-8,14H,5,9-13H2/t14-/m0/s1. The van der Waals surface area contributed by atoms with E-state index in [2.05, 4.69) is 19.9 Å². The molecule has 0 radical (unpaired) electrons. The van der Waals surface area contributed by atoms with Crippen molar-refractivity contribution in [3.8, 4) is 0 Å². The molecule has 2 aliphatic heterocycles. The number of hydrogen-bond donors (Lipinski definition) is 0. The first-order valence-corrected chi connectivity index (χ1v) is 7.99. The molecule has 0 unspecified atom stereocenters. The second-order valence-electron chi connectivity index (χ2n) is 6.14. The van der Waals surface area contributed by atoms with Crippen LogP contribution in [0.2, 0.25) is 0 Å². The minimum Gasteiger partial charge on any atom is -0.375 e. The summed E-state index contributed by atoms with van der Waals surface area (Å²) in [6, 6.07) is 7.71. The third kappa shape index (κ3) is 2.92. The highest BCUT2D eigenvalue weighted by atomic mass is 16.5. The Morgan fingerprint density at radius 2 is 1.96 bits per heavy atom. The number of pyridine rings is 1. The zero-order chi connectivity index (χ0) is 15.5. The van der Waals surface area contributed by atoms with E-state index in [4.69, 9.17) is 9.47 Å². The minimum absolute atomic E-state index is 0.0939. The summed E-state index contributed by atoms with van der Waals surface area (Å²) < 4.78 is 11.9. The van der Waals surface area contributed by atoms with E-state index in [1.54, 1.807) is 18.6 Å². The number of rotatable bonds is 5. The molecule has 0 amide bonds. The zero-order valence-electron chi connectivity index (χ0n) is 13.0. The van der Waals surface area contributed by atoms with E-state index >= 15 is 0 Å². The van der Waals surface area contributed by atoms with E-state index in [0.29, 0.717) is 19.1 Å². The maximum atomic E-state index is 6.05. The highest BCUT2D eigenvalue weighted by Gasteiger charge is 2.53. The molecule has 1 atom stereocenters. The van der Waals surface area contributed by atoms with Gasteiger partial charge in [0.25, 0.3) is 0 Å². The van der Waals surface area contributed by atoms with Crippen LogP contribution >= 0.6 is 0 Å². The van der Waals surface area contributed by atoms with Crippen LogP contribution in [-0.2, 0) is 16.1 Å². The Balaban J connectivity index is 1.31. The van der Waals surface area contributed by atoms with Gasteiger partial charge in [0.1, 0.15) is 5.60 Å². The van der Waals surface area contributed by atoms with Gasteiger partial charge in [0.15, 0.2) is 0 Å². The molecule has 0 bridgehead atoms. The fraction of sp³-hybridized carbons (Fsp3) is 0.471. The van der Waals surface area contributed by atoms with Crippen molar-refractivity contribution < 1.29 is 9.47 Å². The van der Waals surface area contributed by atoms with Crippen LogP contribution in [0.25, 0.3) is 0 Å². The Morgan fingerprint density at radius 1 is 1.13 bits per heavy atom. The van der Waals surface area contributed by atoms with Gasteiger partial charge in [0, 0.05) is 31.1 Å². The third-order valence-electron chi connectivity index (χ3n) is 4.65. The second kappa shape index (κ2) is 6.22. The monoisotopic (exact) mass is 312 g/mol. The summed E-state index contributed by atoms with van der Waals surface area (Å²) >= 11 is 0.